The summed E-state index contributed by atoms with van der Waals surface area (Å²) in [5.41, 5.74) is 0. The van der Waals surface area contributed by atoms with Crippen molar-refractivity contribution in [2.45, 2.75) is 25.8 Å². The summed E-state index contributed by atoms with van der Waals surface area (Å²) < 4.78 is 0. The van der Waals surface area contributed by atoms with E-state index in [-0.39, 0.29) is 0 Å². The molecule has 0 aliphatic heterocycles. The van der Waals surface area contributed by atoms with Gasteiger partial charge in [-0.15, -0.1) is 0 Å². The van der Waals surface area contributed by atoms with Gasteiger partial charge in [0.15, 0.2) is 0 Å². The van der Waals surface area contributed by atoms with Gasteiger partial charge < -0.3 is 15.5 Å². The van der Waals surface area contributed by atoms with Crippen LogP contribution < -0.4 is 5.32 Å². The lowest BCUT2D eigenvalue weighted by atomic mass is 10.0. The molecule has 0 saturated heterocycles. The molecule has 3 N–H and O–H groups in total. The van der Waals surface area contributed by atoms with Crippen molar-refractivity contribution in [1.29, 1.82) is 0 Å². The largest absolute Gasteiger partial charge is 0.481 e. The fourth-order valence-electron chi connectivity index (χ4n) is 1.24. The summed E-state index contributed by atoms with van der Waals surface area (Å²) in [4.78, 5) is 21.4. The molecule has 0 bridgehead atoms. The van der Waals surface area contributed by atoms with Gasteiger partial charge in [0.2, 0.25) is 0 Å². The number of carboxylic acids is 2. The van der Waals surface area contributed by atoms with Crippen molar-refractivity contribution in [3.8, 4) is 0 Å². The lowest BCUT2D eigenvalue weighted by Gasteiger charge is -2.17. The molecule has 14 heavy (non-hydrogen) atoms. The van der Waals surface area contributed by atoms with Gasteiger partial charge in [0.05, 0.1) is 5.92 Å². The van der Waals surface area contributed by atoms with Gasteiger partial charge in [0, 0.05) is 0 Å². The lowest BCUT2D eigenvalue weighted by molar-refractivity contribution is -0.150. The summed E-state index contributed by atoms with van der Waals surface area (Å²) in [7, 11) is 0. The number of aliphatic carboxylic acids is 2. The zero-order valence-corrected chi connectivity index (χ0v) is 8.06. The Kier molecular flexibility index (Phi) is 3.46. The Bertz CT molecular complexity index is 237. The van der Waals surface area contributed by atoms with Gasteiger partial charge in [-0.3, -0.25) is 9.59 Å². The lowest BCUT2D eigenvalue weighted by Crippen LogP contribution is -2.45. The van der Waals surface area contributed by atoms with Crippen LogP contribution in [0.3, 0.4) is 0 Å². The first kappa shape index (κ1) is 11.0. The number of hydrogen-bond acceptors (Lipinski definition) is 3. The average Bonchev–Trinajstić information content (AvgIpc) is 2.87. The van der Waals surface area contributed by atoms with Crippen LogP contribution in [0.2, 0.25) is 0 Å². The molecule has 1 aliphatic carbocycles. The predicted octanol–water partition coefficient (Wildman–Crippen LogP) is 0.160. The molecular weight excluding hydrogens is 186 g/mol. The molecule has 1 aliphatic rings. The quantitative estimate of drug-likeness (QED) is 0.570. The summed E-state index contributed by atoms with van der Waals surface area (Å²) in [6.07, 6.45) is 2.22. The molecule has 1 saturated carbocycles. The molecule has 0 aromatic rings. The average molecular weight is 201 g/mol. The molecule has 80 valence electrons. The highest BCUT2D eigenvalue weighted by Crippen LogP contribution is 2.27. The van der Waals surface area contributed by atoms with Crippen molar-refractivity contribution in [1.82, 2.24) is 5.32 Å². The van der Waals surface area contributed by atoms with Gasteiger partial charge in [0.1, 0.15) is 6.04 Å². The molecule has 1 rings (SSSR count). The van der Waals surface area contributed by atoms with Crippen LogP contribution in [0.4, 0.5) is 0 Å². The van der Waals surface area contributed by atoms with Crippen LogP contribution >= 0.6 is 0 Å². The third-order valence-electron chi connectivity index (χ3n) is 2.48. The maximum Gasteiger partial charge on any atom is 0.321 e. The third kappa shape index (κ3) is 2.99. The van der Waals surface area contributed by atoms with E-state index in [1.807, 2.05) is 0 Å². The SMILES string of the molecule is CC(C(=O)O)C(NCC1CC1)C(=O)O. The number of rotatable bonds is 6. The second-order valence-electron chi connectivity index (χ2n) is 3.79. The fraction of sp³-hybridized carbons (Fsp3) is 0.778. The summed E-state index contributed by atoms with van der Waals surface area (Å²) in [6, 6.07) is -0.979. The Labute approximate surface area is 82.1 Å². The van der Waals surface area contributed by atoms with Gasteiger partial charge in [-0.25, -0.2) is 0 Å². The van der Waals surface area contributed by atoms with Crippen molar-refractivity contribution in [2.75, 3.05) is 6.54 Å². The maximum atomic E-state index is 10.8. The van der Waals surface area contributed by atoms with Crippen molar-refractivity contribution >= 4 is 11.9 Å². The van der Waals surface area contributed by atoms with Crippen molar-refractivity contribution in [2.24, 2.45) is 11.8 Å². The van der Waals surface area contributed by atoms with Crippen LogP contribution in [0, 0.1) is 11.8 Å². The highest BCUT2D eigenvalue weighted by Gasteiger charge is 2.31. The second-order valence-corrected chi connectivity index (χ2v) is 3.79. The Balaban J connectivity index is 2.44. The molecule has 0 aromatic carbocycles. The van der Waals surface area contributed by atoms with Crippen LogP contribution in [-0.2, 0) is 9.59 Å². The molecule has 2 unspecified atom stereocenters. The van der Waals surface area contributed by atoms with Crippen molar-refractivity contribution < 1.29 is 19.8 Å². The summed E-state index contributed by atoms with van der Waals surface area (Å²) >= 11 is 0. The second kappa shape index (κ2) is 4.41. The van der Waals surface area contributed by atoms with E-state index in [4.69, 9.17) is 10.2 Å². The van der Waals surface area contributed by atoms with Crippen LogP contribution in [0.5, 0.6) is 0 Å². The maximum absolute atomic E-state index is 10.8. The van der Waals surface area contributed by atoms with Crippen LogP contribution in [-0.4, -0.2) is 34.7 Å². The first-order chi connectivity index (χ1) is 6.52. The van der Waals surface area contributed by atoms with Crippen molar-refractivity contribution in [3.63, 3.8) is 0 Å². The zero-order valence-electron chi connectivity index (χ0n) is 8.06. The van der Waals surface area contributed by atoms with E-state index in [2.05, 4.69) is 5.32 Å². The van der Waals surface area contributed by atoms with Gasteiger partial charge in [0.25, 0.3) is 0 Å². The molecule has 0 amide bonds. The molecular formula is C9H15NO4. The van der Waals surface area contributed by atoms with E-state index < -0.39 is 23.9 Å². The molecule has 0 aromatic heterocycles. The number of hydrogen-bond donors (Lipinski definition) is 3. The molecule has 5 heteroatoms. The van der Waals surface area contributed by atoms with Gasteiger partial charge in [-0.1, -0.05) is 0 Å². The monoisotopic (exact) mass is 201 g/mol. The van der Waals surface area contributed by atoms with Crippen LogP contribution in [0.25, 0.3) is 0 Å². The van der Waals surface area contributed by atoms with E-state index in [1.54, 1.807) is 0 Å². The van der Waals surface area contributed by atoms with E-state index in [1.165, 1.54) is 6.92 Å². The molecule has 1 fully saturated rings. The van der Waals surface area contributed by atoms with Crippen LogP contribution in [0.1, 0.15) is 19.8 Å². The minimum atomic E-state index is -1.10. The zero-order chi connectivity index (χ0) is 10.7. The first-order valence-electron chi connectivity index (χ1n) is 4.71. The minimum absolute atomic E-state index is 0.540. The van der Waals surface area contributed by atoms with E-state index in [9.17, 15) is 9.59 Å². The first-order valence-corrected chi connectivity index (χ1v) is 4.71. The van der Waals surface area contributed by atoms with Crippen molar-refractivity contribution in [3.05, 3.63) is 0 Å². The number of carbonyl (C=O) groups is 2. The molecule has 0 heterocycles. The minimum Gasteiger partial charge on any atom is -0.481 e. The number of nitrogens with one attached hydrogen (secondary N) is 1. The Morgan fingerprint density at radius 1 is 1.36 bits per heavy atom. The highest BCUT2D eigenvalue weighted by atomic mass is 16.4. The van der Waals surface area contributed by atoms with Gasteiger partial charge >= 0.3 is 11.9 Å². The van der Waals surface area contributed by atoms with E-state index in [0.717, 1.165) is 12.8 Å². The predicted molar refractivity (Wildman–Crippen MR) is 49.0 cm³/mol. The third-order valence-corrected chi connectivity index (χ3v) is 2.48. The Hall–Kier alpha value is -1.10. The molecule has 0 radical (unpaired) electrons. The normalized spacial score (nSPS) is 20.1. The van der Waals surface area contributed by atoms with Gasteiger partial charge in [-0.05, 0) is 32.2 Å². The van der Waals surface area contributed by atoms with Gasteiger partial charge in [-0.2, -0.15) is 0 Å². The standard InChI is InChI=1S/C9H15NO4/c1-5(8(11)12)7(9(13)14)10-4-6-2-3-6/h5-7,10H,2-4H2,1H3,(H,11,12)(H,13,14). The molecule has 5 nitrogen and oxygen atoms in total. The Morgan fingerprint density at radius 2 is 1.93 bits per heavy atom. The molecule has 2 atom stereocenters. The van der Waals surface area contributed by atoms with E-state index >= 15 is 0 Å². The summed E-state index contributed by atoms with van der Waals surface area (Å²) in [5.74, 6) is -2.54. The van der Waals surface area contributed by atoms with Crippen LogP contribution in [0.15, 0.2) is 0 Å². The van der Waals surface area contributed by atoms with E-state index in [0.29, 0.717) is 12.5 Å². The molecule has 0 spiro atoms. The summed E-state index contributed by atoms with van der Waals surface area (Å²) in [6.45, 7) is 2.01. The highest BCUT2D eigenvalue weighted by molar-refractivity contribution is 5.82. The Morgan fingerprint density at radius 3 is 2.29 bits per heavy atom. The smallest absolute Gasteiger partial charge is 0.321 e. The topological polar surface area (TPSA) is 86.6 Å². The summed E-state index contributed by atoms with van der Waals surface area (Å²) in [5, 5.41) is 20.3. The number of carboxylic acid groups (broad SMARTS) is 2. The fourth-order valence-corrected chi connectivity index (χ4v) is 1.24.